The number of carbonyl (C=O) groups is 1. The van der Waals surface area contributed by atoms with Crippen molar-refractivity contribution >= 4 is 17.2 Å². The van der Waals surface area contributed by atoms with Gasteiger partial charge in [-0.2, -0.15) is 5.26 Å². The standard InChI is InChI=1S/C18H19FN2O2S/c1-12(2)10-21(18(23)17-14(9-20)7-8-24-17)11-16(22)13-3-5-15(19)6-4-13/h3-8,12,16,22H,10-11H2,1-2H3. The van der Waals surface area contributed by atoms with Crippen LogP contribution < -0.4 is 0 Å². The van der Waals surface area contributed by atoms with Crippen molar-refractivity contribution in [1.82, 2.24) is 4.90 Å². The first kappa shape index (κ1) is 18.1. The molecular weight excluding hydrogens is 327 g/mol. The van der Waals surface area contributed by atoms with Crippen molar-refractivity contribution in [1.29, 1.82) is 5.26 Å². The number of carbonyl (C=O) groups excluding carboxylic acids is 1. The van der Waals surface area contributed by atoms with Crippen LogP contribution in [0.4, 0.5) is 4.39 Å². The third-order valence-electron chi connectivity index (χ3n) is 3.50. The number of aliphatic hydroxyl groups is 1. The zero-order chi connectivity index (χ0) is 17.7. The van der Waals surface area contributed by atoms with Crippen LogP contribution >= 0.6 is 11.3 Å². The lowest BCUT2D eigenvalue weighted by Gasteiger charge is -2.27. The molecule has 1 unspecified atom stereocenters. The van der Waals surface area contributed by atoms with Gasteiger partial charge in [0, 0.05) is 6.54 Å². The molecular formula is C18H19FN2O2S. The number of nitriles is 1. The molecule has 24 heavy (non-hydrogen) atoms. The third-order valence-corrected chi connectivity index (χ3v) is 4.40. The lowest BCUT2D eigenvalue weighted by molar-refractivity contribution is 0.0599. The van der Waals surface area contributed by atoms with Gasteiger partial charge in [0.05, 0.1) is 18.2 Å². The number of hydrogen-bond donors (Lipinski definition) is 1. The summed E-state index contributed by atoms with van der Waals surface area (Å²) in [6, 6.07) is 9.19. The Labute approximate surface area is 144 Å². The van der Waals surface area contributed by atoms with Crippen molar-refractivity contribution in [3.8, 4) is 6.07 Å². The van der Waals surface area contributed by atoms with Gasteiger partial charge in [0.25, 0.3) is 5.91 Å². The highest BCUT2D eigenvalue weighted by molar-refractivity contribution is 7.12. The Hall–Kier alpha value is -2.23. The second-order valence-electron chi connectivity index (χ2n) is 5.95. The molecule has 0 fully saturated rings. The average molecular weight is 346 g/mol. The van der Waals surface area contributed by atoms with Crippen LogP contribution in [0.1, 0.15) is 40.8 Å². The third kappa shape index (κ3) is 4.40. The molecule has 126 valence electrons. The number of amides is 1. The van der Waals surface area contributed by atoms with Gasteiger partial charge in [0.1, 0.15) is 16.8 Å². The van der Waals surface area contributed by atoms with Gasteiger partial charge in [-0.1, -0.05) is 26.0 Å². The Morgan fingerprint density at radius 3 is 2.54 bits per heavy atom. The normalized spacial score (nSPS) is 12.0. The summed E-state index contributed by atoms with van der Waals surface area (Å²) in [5.74, 6) is -0.436. The Bertz CT molecular complexity index is 734. The van der Waals surface area contributed by atoms with Crippen molar-refractivity contribution in [3.05, 3.63) is 57.5 Å². The predicted octanol–water partition coefficient (Wildman–Crippen LogP) is 3.59. The van der Waals surface area contributed by atoms with Crippen molar-refractivity contribution in [3.63, 3.8) is 0 Å². The molecule has 1 atom stereocenters. The highest BCUT2D eigenvalue weighted by Crippen LogP contribution is 2.22. The highest BCUT2D eigenvalue weighted by Gasteiger charge is 2.24. The molecule has 1 N–H and O–H groups in total. The summed E-state index contributed by atoms with van der Waals surface area (Å²) >= 11 is 1.22. The monoisotopic (exact) mass is 346 g/mol. The van der Waals surface area contributed by atoms with Gasteiger partial charge >= 0.3 is 0 Å². The van der Waals surface area contributed by atoms with Crippen LogP contribution in [0, 0.1) is 23.1 Å². The van der Waals surface area contributed by atoms with Crippen LogP contribution in [0.25, 0.3) is 0 Å². The van der Waals surface area contributed by atoms with Crippen LogP contribution in [0.3, 0.4) is 0 Å². The molecule has 0 aliphatic heterocycles. The van der Waals surface area contributed by atoms with E-state index >= 15 is 0 Å². The average Bonchev–Trinajstić information content (AvgIpc) is 3.02. The molecule has 2 rings (SSSR count). The number of thiophene rings is 1. The quantitative estimate of drug-likeness (QED) is 0.869. The van der Waals surface area contributed by atoms with Gasteiger partial charge < -0.3 is 10.0 Å². The van der Waals surface area contributed by atoms with Crippen LogP contribution in [-0.2, 0) is 0 Å². The number of rotatable bonds is 6. The van der Waals surface area contributed by atoms with Crippen LogP contribution in [0.2, 0.25) is 0 Å². The summed E-state index contributed by atoms with van der Waals surface area (Å²) in [5.41, 5.74) is 0.889. The summed E-state index contributed by atoms with van der Waals surface area (Å²) in [5, 5.41) is 21.2. The van der Waals surface area contributed by atoms with Gasteiger partial charge in [-0.25, -0.2) is 4.39 Å². The molecule has 0 saturated heterocycles. The zero-order valence-corrected chi connectivity index (χ0v) is 14.4. The summed E-state index contributed by atoms with van der Waals surface area (Å²) in [7, 11) is 0. The van der Waals surface area contributed by atoms with Gasteiger partial charge in [-0.05, 0) is 35.1 Å². The fourth-order valence-corrected chi connectivity index (χ4v) is 3.20. The Balaban J connectivity index is 2.20. The number of aliphatic hydroxyl groups excluding tert-OH is 1. The molecule has 1 aromatic heterocycles. The van der Waals surface area contributed by atoms with Crippen molar-refractivity contribution in [2.45, 2.75) is 20.0 Å². The van der Waals surface area contributed by atoms with E-state index in [9.17, 15) is 14.3 Å². The second-order valence-corrected chi connectivity index (χ2v) is 6.86. The minimum atomic E-state index is -0.918. The molecule has 0 radical (unpaired) electrons. The lowest BCUT2D eigenvalue weighted by Crippen LogP contribution is -2.37. The topological polar surface area (TPSA) is 64.3 Å². The van der Waals surface area contributed by atoms with E-state index < -0.39 is 6.10 Å². The minimum Gasteiger partial charge on any atom is -0.387 e. The summed E-state index contributed by atoms with van der Waals surface area (Å²) in [4.78, 5) is 14.7. The maximum absolute atomic E-state index is 13.0. The molecule has 4 nitrogen and oxygen atoms in total. The molecule has 6 heteroatoms. The molecule has 1 heterocycles. The Kier molecular flexibility index (Phi) is 6.07. The summed E-state index contributed by atoms with van der Waals surface area (Å²) < 4.78 is 13.0. The van der Waals surface area contributed by atoms with Crippen molar-refractivity contribution < 1.29 is 14.3 Å². The second kappa shape index (κ2) is 8.04. The molecule has 1 aromatic carbocycles. The lowest BCUT2D eigenvalue weighted by atomic mass is 10.1. The summed E-state index contributed by atoms with van der Waals surface area (Å²) in [6.07, 6.45) is -0.918. The van der Waals surface area contributed by atoms with E-state index in [2.05, 4.69) is 0 Å². The smallest absolute Gasteiger partial charge is 0.265 e. The molecule has 0 aliphatic carbocycles. The van der Waals surface area contributed by atoms with Gasteiger partial charge in [-0.15, -0.1) is 11.3 Å². The van der Waals surface area contributed by atoms with E-state index in [4.69, 9.17) is 5.26 Å². The first-order chi connectivity index (χ1) is 11.4. The number of hydrogen-bond acceptors (Lipinski definition) is 4. The van der Waals surface area contributed by atoms with Crippen LogP contribution in [-0.4, -0.2) is 29.0 Å². The summed E-state index contributed by atoms with van der Waals surface area (Å²) in [6.45, 7) is 4.50. The first-order valence-electron chi connectivity index (χ1n) is 7.62. The fourth-order valence-electron chi connectivity index (χ4n) is 2.39. The first-order valence-corrected chi connectivity index (χ1v) is 8.50. The maximum Gasteiger partial charge on any atom is 0.265 e. The fraction of sp³-hybridized carbons (Fsp3) is 0.333. The molecule has 0 bridgehead atoms. The van der Waals surface area contributed by atoms with E-state index in [1.807, 2.05) is 19.9 Å². The van der Waals surface area contributed by atoms with E-state index in [1.54, 1.807) is 16.3 Å². The number of benzene rings is 1. The largest absolute Gasteiger partial charge is 0.387 e. The minimum absolute atomic E-state index is 0.0887. The van der Waals surface area contributed by atoms with E-state index in [0.717, 1.165) is 0 Å². The number of nitrogens with zero attached hydrogens (tertiary/aromatic N) is 2. The molecule has 0 saturated carbocycles. The molecule has 0 spiro atoms. The van der Waals surface area contributed by atoms with E-state index in [0.29, 0.717) is 22.5 Å². The highest BCUT2D eigenvalue weighted by atomic mass is 32.1. The zero-order valence-electron chi connectivity index (χ0n) is 13.6. The maximum atomic E-state index is 13.0. The molecule has 0 aliphatic rings. The molecule has 2 aromatic rings. The Morgan fingerprint density at radius 1 is 1.29 bits per heavy atom. The van der Waals surface area contributed by atoms with E-state index in [1.165, 1.54) is 35.6 Å². The Morgan fingerprint density at radius 2 is 1.96 bits per heavy atom. The van der Waals surface area contributed by atoms with Crippen molar-refractivity contribution in [2.75, 3.05) is 13.1 Å². The van der Waals surface area contributed by atoms with E-state index in [-0.39, 0.29) is 24.2 Å². The SMILES string of the molecule is CC(C)CN(CC(O)c1ccc(F)cc1)C(=O)c1sccc1C#N. The van der Waals surface area contributed by atoms with Crippen LogP contribution in [0.5, 0.6) is 0 Å². The van der Waals surface area contributed by atoms with Gasteiger partial charge in [0.15, 0.2) is 0 Å². The van der Waals surface area contributed by atoms with Gasteiger partial charge in [-0.3, -0.25) is 4.79 Å². The van der Waals surface area contributed by atoms with Crippen molar-refractivity contribution in [2.24, 2.45) is 5.92 Å². The van der Waals surface area contributed by atoms with Gasteiger partial charge in [0.2, 0.25) is 0 Å². The number of halogens is 1. The molecule has 1 amide bonds. The van der Waals surface area contributed by atoms with Crippen LogP contribution in [0.15, 0.2) is 35.7 Å². The predicted molar refractivity (Wildman–Crippen MR) is 91.1 cm³/mol.